The summed E-state index contributed by atoms with van der Waals surface area (Å²) < 4.78 is 5.93. The van der Waals surface area contributed by atoms with Crippen LogP contribution in [0, 0.1) is 0 Å². The highest BCUT2D eigenvalue weighted by atomic mass is 35.5. The van der Waals surface area contributed by atoms with E-state index >= 15 is 0 Å². The maximum atomic E-state index is 12.0. The number of nitrogens with one attached hydrogen (secondary N) is 2. The first-order valence-electron chi connectivity index (χ1n) is 7.41. The first-order valence-corrected chi connectivity index (χ1v) is 8.57. The molecule has 2 rings (SSSR count). The van der Waals surface area contributed by atoms with Crippen LogP contribution in [0.1, 0.15) is 33.1 Å². The number of rotatable bonds is 4. The average Bonchev–Trinajstić information content (AvgIpc) is 2.42. The van der Waals surface area contributed by atoms with Crippen molar-refractivity contribution in [3.8, 4) is 0 Å². The molecule has 0 unspecified atom stereocenters. The quantitative estimate of drug-likeness (QED) is 0.711. The van der Waals surface area contributed by atoms with Gasteiger partial charge in [-0.15, -0.1) is 12.4 Å². The lowest BCUT2D eigenvalue weighted by Crippen LogP contribution is -2.65. The lowest BCUT2D eigenvalue weighted by atomic mass is 9.75. The van der Waals surface area contributed by atoms with Gasteiger partial charge in [-0.25, -0.2) is 0 Å². The minimum absolute atomic E-state index is 0. The lowest BCUT2D eigenvalue weighted by molar-refractivity contribution is -0.173. The molecule has 0 radical (unpaired) electrons. The van der Waals surface area contributed by atoms with E-state index in [9.17, 15) is 9.90 Å². The summed E-state index contributed by atoms with van der Waals surface area (Å²) in [7, 11) is 0. The standard InChI is InChI=1S/C14H26N2O3S.ClH/c1-3-20-9-12(18)16-13(2)10-14(19-8-11(13)17)4-6-15-7-5-14;/h11,15,17H,3-10H2,1-2H3,(H,16,18);1H/t11-,13-;/m0./s1. The molecule has 0 aromatic heterocycles. The fraction of sp³-hybridized carbons (Fsp3) is 0.929. The van der Waals surface area contributed by atoms with Crippen molar-refractivity contribution in [3.05, 3.63) is 0 Å². The molecule has 1 amide bonds. The fourth-order valence-electron chi connectivity index (χ4n) is 3.16. The molecule has 7 heteroatoms. The molecule has 0 aromatic carbocycles. The Morgan fingerprint density at radius 3 is 2.76 bits per heavy atom. The number of ether oxygens (including phenoxy) is 1. The molecule has 124 valence electrons. The Balaban J connectivity index is 0.00000220. The highest BCUT2D eigenvalue weighted by molar-refractivity contribution is 7.99. The number of hydrogen-bond donors (Lipinski definition) is 3. The topological polar surface area (TPSA) is 70.6 Å². The van der Waals surface area contributed by atoms with E-state index < -0.39 is 11.6 Å². The third-order valence-electron chi connectivity index (χ3n) is 4.35. The fourth-order valence-corrected chi connectivity index (χ4v) is 3.62. The molecule has 2 fully saturated rings. The van der Waals surface area contributed by atoms with Crippen LogP contribution in [0.15, 0.2) is 0 Å². The summed E-state index contributed by atoms with van der Waals surface area (Å²) in [6.45, 7) is 6.15. The Hall–Kier alpha value is -0.0100. The molecule has 1 spiro atoms. The van der Waals surface area contributed by atoms with Crippen molar-refractivity contribution in [1.29, 1.82) is 0 Å². The number of piperidine rings is 1. The largest absolute Gasteiger partial charge is 0.388 e. The SMILES string of the molecule is CCSCC(=O)N[C@@]1(C)CC2(CCNCC2)OC[C@@H]1O.Cl. The predicted molar refractivity (Wildman–Crippen MR) is 88.2 cm³/mol. The van der Waals surface area contributed by atoms with Crippen LogP contribution in [-0.4, -0.2) is 59.5 Å². The van der Waals surface area contributed by atoms with Gasteiger partial charge in [-0.05, 0) is 38.6 Å². The average molecular weight is 339 g/mol. The number of carbonyl (C=O) groups excluding carboxylic acids is 1. The molecule has 2 aliphatic rings. The molecule has 0 aromatic rings. The summed E-state index contributed by atoms with van der Waals surface area (Å²) in [6, 6.07) is 0. The summed E-state index contributed by atoms with van der Waals surface area (Å²) in [5, 5.41) is 16.6. The zero-order chi connectivity index (χ0) is 14.6. The highest BCUT2D eigenvalue weighted by Crippen LogP contribution is 2.38. The van der Waals surface area contributed by atoms with Gasteiger partial charge in [0, 0.05) is 6.42 Å². The molecule has 0 bridgehead atoms. The molecular formula is C14H27ClN2O3S. The Bertz CT molecular complexity index is 353. The second-order valence-electron chi connectivity index (χ2n) is 6.04. The third-order valence-corrected chi connectivity index (χ3v) is 5.22. The van der Waals surface area contributed by atoms with Crippen molar-refractivity contribution in [2.24, 2.45) is 0 Å². The molecule has 21 heavy (non-hydrogen) atoms. The molecule has 2 heterocycles. The van der Waals surface area contributed by atoms with Gasteiger partial charge in [-0.2, -0.15) is 11.8 Å². The van der Waals surface area contributed by atoms with Gasteiger partial charge in [0.25, 0.3) is 0 Å². The van der Waals surface area contributed by atoms with Gasteiger partial charge in [0.15, 0.2) is 0 Å². The number of aliphatic hydroxyl groups is 1. The number of hydrogen-bond acceptors (Lipinski definition) is 5. The first-order chi connectivity index (χ1) is 9.50. The van der Waals surface area contributed by atoms with E-state index in [4.69, 9.17) is 4.74 Å². The van der Waals surface area contributed by atoms with E-state index in [0.29, 0.717) is 18.8 Å². The number of thioether (sulfide) groups is 1. The molecule has 0 saturated carbocycles. The maximum Gasteiger partial charge on any atom is 0.230 e. The van der Waals surface area contributed by atoms with Gasteiger partial charge in [-0.3, -0.25) is 4.79 Å². The Kier molecular flexibility index (Phi) is 7.27. The molecule has 3 N–H and O–H groups in total. The van der Waals surface area contributed by atoms with Crippen LogP contribution in [0.25, 0.3) is 0 Å². The number of aliphatic hydroxyl groups excluding tert-OH is 1. The van der Waals surface area contributed by atoms with E-state index in [1.165, 1.54) is 0 Å². The van der Waals surface area contributed by atoms with Crippen molar-refractivity contribution in [3.63, 3.8) is 0 Å². The monoisotopic (exact) mass is 338 g/mol. The molecular weight excluding hydrogens is 312 g/mol. The molecule has 0 aliphatic carbocycles. The Morgan fingerprint density at radius 1 is 1.48 bits per heavy atom. The normalized spacial score (nSPS) is 31.5. The van der Waals surface area contributed by atoms with Crippen LogP contribution < -0.4 is 10.6 Å². The van der Waals surface area contributed by atoms with E-state index in [2.05, 4.69) is 10.6 Å². The highest BCUT2D eigenvalue weighted by Gasteiger charge is 2.49. The van der Waals surface area contributed by atoms with E-state index in [-0.39, 0.29) is 23.9 Å². The summed E-state index contributed by atoms with van der Waals surface area (Å²) in [5.41, 5.74) is -0.772. The van der Waals surface area contributed by atoms with Gasteiger partial charge in [0.2, 0.25) is 5.91 Å². The van der Waals surface area contributed by atoms with Crippen molar-refractivity contribution in [2.45, 2.75) is 50.4 Å². The summed E-state index contributed by atoms with van der Waals surface area (Å²) >= 11 is 1.60. The second kappa shape index (κ2) is 8.02. The van der Waals surface area contributed by atoms with Crippen molar-refractivity contribution >= 4 is 30.1 Å². The molecule has 5 nitrogen and oxygen atoms in total. The number of halogens is 1. The number of amides is 1. The van der Waals surface area contributed by atoms with E-state index in [1.54, 1.807) is 11.8 Å². The minimum Gasteiger partial charge on any atom is -0.388 e. The molecule has 2 atom stereocenters. The number of carbonyl (C=O) groups is 1. The summed E-state index contributed by atoms with van der Waals surface area (Å²) in [6.07, 6.45) is 1.92. The molecule has 2 aliphatic heterocycles. The second-order valence-corrected chi connectivity index (χ2v) is 7.31. The van der Waals surface area contributed by atoms with Gasteiger partial charge < -0.3 is 20.5 Å². The van der Waals surface area contributed by atoms with Crippen LogP contribution >= 0.6 is 24.2 Å². The van der Waals surface area contributed by atoms with Crippen LogP contribution in [0.4, 0.5) is 0 Å². The van der Waals surface area contributed by atoms with Crippen LogP contribution in [0.5, 0.6) is 0 Å². The van der Waals surface area contributed by atoms with Crippen LogP contribution in [0.3, 0.4) is 0 Å². The predicted octanol–water partition coefficient (Wildman–Crippen LogP) is 0.940. The molecule has 2 saturated heterocycles. The summed E-state index contributed by atoms with van der Waals surface area (Å²) in [4.78, 5) is 12.0. The van der Waals surface area contributed by atoms with Gasteiger partial charge in [0.05, 0.1) is 23.5 Å². The van der Waals surface area contributed by atoms with Crippen molar-refractivity contribution < 1.29 is 14.6 Å². The Labute approximate surface area is 137 Å². The van der Waals surface area contributed by atoms with Gasteiger partial charge in [-0.1, -0.05) is 6.92 Å². The van der Waals surface area contributed by atoms with Crippen molar-refractivity contribution in [1.82, 2.24) is 10.6 Å². The third kappa shape index (κ3) is 4.73. The smallest absolute Gasteiger partial charge is 0.230 e. The van der Waals surface area contributed by atoms with E-state index in [1.807, 2.05) is 13.8 Å². The zero-order valence-corrected chi connectivity index (χ0v) is 14.4. The van der Waals surface area contributed by atoms with Crippen LogP contribution in [-0.2, 0) is 9.53 Å². The Morgan fingerprint density at radius 2 is 2.14 bits per heavy atom. The minimum atomic E-state index is -0.640. The van der Waals surface area contributed by atoms with Crippen LogP contribution in [0.2, 0.25) is 0 Å². The van der Waals surface area contributed by atoms with Gasteiger partial charge >= 0.3 is 0 Å². The zero-order valence-electron chi connectivity index (χ0n) is 12.8. The maximum absolute atomic E-state index is 12.0. The summed E-state index contributed by atoms with van der Waals surface area (Å²) in [5.74, 6) is 1.38. The van der Waals surface area contributed by atoms with Crippen molar-refractivity contribution in [2.75, 3.05) is 31.2 Å². The first kappa shape index (κ1) is 19.0. The lowest BCUT2D eigenvalue weighted by Gasteiger charge is -2.50. The van der Waals surface area contributed by atoms with Gasteiger partial charge in [0.1, 0.15) is 6.10 Å². The van der Waals surface area contributed by atoms with E-state index in [0.717, 1.165) is 31.7 Å².